The van der Waals surface area contributed by atoms with Crippen LogP contribution in [-0.4, -0.2) is 49.1 Å². The van der Waals surface area contributed by atoms with E-state index in [0.29, 0.717) is 19.1 Å². The Morgan fingerprint density at radius 3 is 2.50 bits per heavy atom. The lowest BCUT2D eigenvalue weighted by Gasteiger charge is -2.27. The first-order valence-electron chi connectivity index (χ1n) is 8.14. The maximum absolute atomic E-state index is 12.3. The minimum absolute atomic E-state index is 0.0103. The maximum Gasteiger partial charge on any atom is 0.317 e. The van der Waals surface area contributed by atoms with Gasteiger partial charge in [0, 0.05) is 26.2 Å². The predicted molar refractivity (Wildman–Crippen MR) is 93.2 cm³/mol. The molecule has 0 radical (unpaired) electrons. The van der Waals surface area contributed by atoms with E-state index in [4.69, 9.17) is 0 Å². The van der Waals surface area contributed by atoms with Gasteiger partial charge in [-0.2, -0.15) is 0 Å². The fourth-order valence-corrected chi connectivity index (χ4v) is 2.52. The van der Waals surface area contributed by atoms with Crippen LogP contribution in [0.15, 0.2) is 18.2 Å². The molecule has 124 valence electrons. The molecule has 0 aliphatic carbocycles. The average molecular weight is 305 g/mol. The normalized spacial score (nSPS) is 12.3. The maximum atomic E-state index is 12.3. The SMILES string of the molecule is CC[C@@H](CNC(=O)N(C)Cc1cccc(C)c1C)N(C)CC. The number of carbonyl (C=O) groups excluding carboxylic acids is 1. The predicted octanol–water partition coefficient (Wildman–Crippen LogP) is 3.18. The number of rotatable bonds is 7. The van der Waals surface area contributed by atoms with Gasteiger partial charge in [-0.3, -0.25) is 0 Å². The van der Waals surface area contributed by atoms with Gasteiger partial charge < -0.3 is 15.1 Å². The Balaban J connectivity index is 2.56. The van der Waals surface area contributed by atoms with Crippen LogP contribution >= 0.6 is 0 Å². The van der Waals surface area contributed by atoms with Crippen LogP contribution in [0.2, 0.25) is 0 Å². The number of hydrogen-bond donors (Lipinski definition) is 1. The molecule has 0 fully saturated rings. The van der Waals surface area contributed by atoms with Crippen molar-refractivity contribution < 1.29 is 4.79 Å². The Bertz CT molecular complexity index is 487. The average Bonchev–Trinajstić information content (AvgIpc) is 2.51. The van der Waals surface area contributed by atoms with Gasteiger partial charge in [0.2, 0.25) is 0 Å². The first-order valence-corrected chi connectivity index (χ1v) is 8.14. The third-order valence-corrected chi connectivity index (χ3v) is 4.55. The van der Waals surface area contributed by atoms with Crippen molar-refractivity contribution in [2.75, 3.05) is 27.2 Å². The molecule has 0 aliphatic rings. The summed E-state index contributed by atoms with van der Waals surface area (Å²) in [7, 11) is 3.95. The number of amides is 2. The van der Waals surface area contributed by atoms with Crippen molar-refractivity contribution in [3.05, 3.63) is 34.9 Å². The van der Waals surface area contributed by atoms with Crippen molar-refractivity contribution in [2.24, 2.45) is 0 Å². The van der Waals surface area contributed by atoms with Crippen molar-refractivity contribution in [1.29, 1.82) is 0 Å². The second kappa shape index (κ2) is 8.79. The van der Waals surface area contributed by atoms with Crippen LogP contribution < -0.4 is 5.32 Å². The summed E-state index contributed by atoms with van der Waals surface area (Å²) >= 11 is 0. The van der Waals surface area contributed by atoms with Crippen LogP contribution in [0.1, 0.15) is 37.0 Å². The van der Waals surface area contributed by atoms with E-state index >= 15 is 0 Å². The zero-order chi connectivity index (χ0) is 16.7. The van der Waals surface area contributed by atoms with E-state index in [9.17, 15) is 4.79 Å². The lowest BCUT2D eigenvalue weighted by molar-refractivity contribution is 0.195. The number of carbonyl (C=O) groups is 1. The van der Waals surface area contributed by atoms with E-state index in [-0.39, 0.29) is 6.03 Å². The molecule has 2 amide bonds. The van der Waals surface area contributed by atoms with Crippen LogP contribution in [0.3, 0.4) is 0 Å². The second-order valence-electron chi connectivity index (χ2n) is 6.04. The number of benzene rings is 1. The Hall–Kier alpha value is -1.55. The van der Waals surface area contributed by atoms with Gasteiger partial charge in [-0.25, -0.2) is 4.79 Å². The molecule has 1 N–H and O–H groups in total. The first kappa shape index (κ1) is 18.5. The van der Waals surface area contributed by atoms with Gasteiger partial charge in [0.05, 0.1) is 0 Å². The third kappa shape index (κ3) is 5.02. The number of urea groups is 1. The summed E-state index contributed by atoms with van der Waals surface area (Å²) in [4.78, 5) is 16.3. The molecule has 0 heterocycles. The molecular weight excluding hydrogens is 274 g/mol. The van der Waals surface area contributed by atoms with E-state index in [0.717, 1.165) is 13.0 Å². The highest BCUT2D eigenvalue weighted by atomic mass is 16.2. The second-order valence-corrected chi connectivity index (χ2v) is 6.04. The number of likely N-dealkylation sites (N-methyl/N-ethyl adjacent to an activating group) is 1. The highest BCUT2D eigenvalue weighted by Gasteiger charge is 2.15. The van der Waals surface area contributed by atoms with Gasteiger partial charge in [0.25, 0.3) is 0 Å². The summed E-state index contributed by atoms with van der Waals surface area (Å²) in [5, 5.41) is 3.05. The number of nitrogens with one attached hydrogen (secondary N) is 1. The molecule has 1 rings (SSSR count). The van der Waals surface area contributed by atoms with Crippen LogP contribution in [0.25, 0.3) is 0 Å². The van der Waals surface area contributed by atoms with Crippen molar-refractivity contribution in [1.82, 2.24) is 15.1 Å². The van der Waals surface area contributed by atoms with Gasteiger partial charge in [-0.05, 0) is 50.6 Å². The molecule has 0 unspecified atom stereocenters. The molecule has 1 atom stereocenters. The van der Waals surface area contributed by atoms with Crippen molar-refractivity contribution in [3.8, 4) is 0 Å². The number of nitrogens with zero attached hydrogens (tertiary/aromatic N) is 2. The summed E-state index contributed by atoms with van der Waals surface area (Å²) in [6.45, 7) is 10.8. The Kier molecular flexibility index (Phi) is 7.39. The van der Waals surface area contributed by atoms with E-state index in [2.05, 4.69) is 57.1 Å². The Labute approximate surface area is 135 Å². The molecule has 0 saturated carbocycles. The molecule has 0 bridgehead atoms. The molecule has 0 saturated heterocycles. The number of aryl methyl sites for hydroxylation is 1. The summed E-state index contributed by atoms with van der Waals surface area (Å²) < 4.78 is 0. The molecular formula is C18H31N3O. The van der Waals surface area contributed by atoms with Crippen LogP contribution in [0, 0.1) is 13.8 Å². The topological polar surface area (TPSA) is 35.6 Å². The van der Waals surface area contributed by atoms with Crippen molar-refractivity contribution >= 4 is 6.03 Å². The minimum atomic E-state index is -0.0103. The lowest BCUT2D eigenvalue weighted by Crippen LogP contribution is -2.45. The largest absolute Gasteiger partial charge is 0.336 e. The molecule has 0 aliphatic heterocycles. The molecule has 1 aromatic carbocycles. The minimum Gasteiger partial charge on any atom is -0.336 e. The zero-order valence-corrected chi connectivity index (χ0v) is 14.9. The van der Waals surface area contributed by atoms with Gasteiger partial charge in [0.15, 0.2) is 0 Å². The standard InChI is InChI=1S/C18H31N3O/c1-7-17(20(5)8-2)12-19-18(22)21(6)13-16-11-9-10-14(3)15(16)4/h9-11,17H,7-8,12-13H2,1-6H3,(H,19,22)/t17-/m0/s1. The monoisotopic (exact) mass is 305 g/mol. The van der Waals surface area contributed by atoms with E-state index in [1.807, 2.05) is 13.1 Å². The first-order chi connectivity index (χ1) is 10.4. The summed E-state index contributed by atoms with van der Waals surface area (Å²) in [5.74, 6) is 0. The lowest BCUT2D eigenvalue weighted by atomic mass is 10.0. The number of hydrogen-bond acceptors (Lipinski definition) is 2. The molecule has 4 nitrogen and oxygen atoms in total. The van der Waals surface area contributed by atoms with E-state index in [1.165, 1.54) is 16.7 Å². The molecule has 4 heteroatoms. The van der Waals surface area contributed by atoms with Crippen molar-refractivity contribution in [2.45, 2.75) is 46.7 Å². The molecule has 1 aromatic rings. The summed E-state index contributed by atoms with van der Waals surface area (Å²) in [6, 6.07) is 6.62. The van der Waals surface area contributed by atoms with Crippen LogP contribution in [-0.2, 0) is 6.54 Å². The zero-order valence-electron chi connectivity index (χ0n) is 14.9. The highest BCUT2D eigenvalue weighted by molar-refractivity contribution is 5.73. The summed E-state index contributed by atoms with van der Waals surface area (Å²) in [5.41, 5.74) is 3.73. The molecule has 22 heavy (non-hydrogen) atoms. The van der Waals surface area contributed by atoms with Gasteiger partial charge in [-0.15, -0.1) is 0 Å². The third-order valence-electron chi connectivity index (χ3n) is 4.55. The smallest absolute Gasteiger partial charge is 0.317 e. The van der Waals surface area contributed by atoms with Crippen molar-refractivity contribution in [3.63, 3.8) is 0 Å². The Morgan fingerprint density at radius 1 is 1.23 bits per heavy atom. The molecule has 0 aromatic heterocycles. The fraction of sp³-hybridized carbons (Fsp3) is 0.611. The van der Waals surface area contributed by atoms with Crippen LogP contribution in [0.5, 0.6) is 0 Å². The van der Waals surface area contributed by atoms with Gasteiger partial charge in [0.1, 0.15) is 0 Å². The highest BCUT2D eigenvalue weighted by Crippen LogP contribution is 2.14. The van der Waals surface area contributed by atoms with Crippen LogP contribution in [0.4, 0.5) is 4.79 Å². The fourth-order valence-electron chi connectivity index (χ4n) is 2.52. The quantitative estimate of drug-likeness (QED) is 0.840. The van der Waals surface area contributed by atoms with Gasteiger partial charge >= 0.3 is 6.03 Å². The molecule has 0 spiro atoms. The van der Waals surface area contributed by atoms with E-state index < -0.39 is 0 Å². The van der Waals surface area contributed by atoms with Gasteiger partial charge in [-0.1, -0.05) is 32.0 Å². The van der Waals surface area contributed by atoms with E-state index in [1.54, 1.807) is 4.90 Å². The summed E-state index contributed by atoms with van der Waals surface area (Å²) in [6.07, 6.45) is 1.03. The Morgan fingerprint density at radius 2 is 1.91 bits per heavy atom.